The minimum atomic E-state index is -0.567. The van der Waals surface area contributed by atoms with Gasteiger partial charge >= 0.3 is 0 Å². The minimum absolute atomic E-state index is 0.155. The number of amides is 1. The Morgan fingerprint density at radius 3 is 2.33 bits per heavy atom. The fourth-order valence-corrected chi connectivity index (χ4v) is 3.15. The summed E-state index contributed by atoms with van der Waals surface area (Å²) in [5, 5.41) is 10.8. The predicted molar refractivity (Wildman–Crippen MR) is 94.0 cm³/mol. The van der Waals surface area contributed by atoms with Gasteiger partial charge in [-0.2, -0.15) is 0 Å². The summed E-state index contributed by atoms with van der Waals surface area (Å²) in [6.45, 7) is 8.36. The first kappa shape index (κ1) is 18.5. The van der Waals surface area contributed by atoms with Crippen LogP contribution in [0.4, 0.5) is 0 Å². The Balaban J connectivity index is 2.36. The molecule has 0 bridgehead atoms. The van der Waals surface area contributed by atoms with E-state index in [-0.39, 0.29) is 11.4 Å². The highest BCUT2D eigenvalue weighted by Gasteiger charge is 2.42. The molecule has 0 radical (unpaired) electrons. The molecule has 1 amide bonds. The van der Waals surface area contributed by atoms with Gasteiger partial charge in [-0.25, -0.2) is 0 Å². The SMILES string of the molecule is CCN(CC)CCN1C(=O)C(O)=C(C(C)=O)[C@@H]1c1ccc(Cl)cc1. The van der Waals surface area contributed by atoms with Crippen LogP contribution in [0.25, 0.3) is 0 Å². The van der Waals surface area contributed by atoms with Crippen molar-refractivity contribution in [3.05, 3.63) is 46.2 Å². The van der Waals surface area contributed by atoms with Crippen LogP contribution in [0.2, 0.25) is 5.02 Å². The zero-order chi connectivity index (χ0) is 17.9. The van der Waals surface area contributed by atoms with E-state index in [2.05, 4.69) is 18.7 Å². The number of likely N-dealkylation sites (N-methyl/N-ethyl adjacent to an activating group) is 1. The van der Waals surface area contributed by atoms with Crippen molar-refractivity contribution < 1.29 is 14.7 Å². The zero-order valence-corrected chi connectivity index (χ0v) is 15.0. The third-order valence-electron chi connectivity index (χ3n) is 4.42. The zero-order valence-electron chi connectivity index (χ0n) is 14.3. The Morgan fingerprint density at radius 1 is 1.25 bits per heavy atom. The minimum Gasteiger partial charge on any atom is -0.503 e. The molecule has 2 rings (SSSR count). The van der Waals surface area contributed by atoms with Crippen LogP contribution in [-0.2, 0) is 9.59 Å². The molecule has 1 aromatic carbocycles. The summed E-state index contributed by atoms with van der Waals surface area (Å²) in [6, 6.07) is 6.44. The van der Waals surface area contributed by atoms with Gasteiger partial charge in [0, 0.05) is 18.1 Å². The molecular formula is C18H23ClN2O3. The Morgan fingerprint density at radius 2 is 1.83 bits per heavy atom. The maximum Gasteiger partial charge on any atom is 0.290 e. The van der Waals surface area contributed by atoms with Gasteiger partial charge in [0.2, 0.25) is 0 Å². The third-order valence-corrected chi connectivity index (χ3v) is 4.67. The van der Waals surface area contributed by atoms with E-state index in [1.54, 1.807) is 29.2 Å². The third kappa shape index (κ3) is 3.62. The van der Waals surface area contributed by atoms with Gasteiger partial charge in [-0.1, -0.05) is 37.6 Å². The van der Waals surface area contributed by atoms with Crippen molar-refractivity contribution in [1.82, 2.24) is 9.80 Å². The van der Waals surface area contributed by atoms with Gasteiger partial charge in [0.1, 0.15) is 0 Å². The molecule has 0 aliphatic carbocycles. The van der Waals surface area contributed by atoms with Gasteiger partial charge < -0.3 is 14.9 Å². The van der Waals surface area contributed by atoms with Crippen LogP contribution in [0.3, 0.4) is 0 Å². The van der Waals surface area contributed by atoms with Crippen molar-refractivity contribution in [1.29, 1.82) is 0 Å². The highest BCUT2D eigenvalue weighted by Crippen LogP contribution is 2.37. The molecule has 1 heterocycles. The number of aliphatic hydroxyl groups is 1. The van der Waals surface area contributed by atoms with Crippen LogP contribution < -0.4 is 0 Å². The van der Waals surface area contributed by atoms with Gasteiger partial charge in [-0.05, 0) is 37.7 Å². The molecule has 24 heavy (non-hydrogen) atoms. The largest absolute Gasteiger partial charge is 0.503 e. The molecule has 1 atom stereocenters. The molecule has 1 N–H and O–H groups in total. The van der Waals surface area contributed by atoms with Crippen molar-refractivity contribution >= 4 is 23.3 Å². The monoisotopic (exact) mass is 350 g/mol. The van der Waals surface area contributed by atoms with E-state index in [1.165, 1.54) is 6.92 Å². The van der Waals surface area contributed by atoms with Gasteiger partial charge in [0.05, 0.1) is 11.6 Å². The van der Waals surface area contributed by atoms with Crippen molar-refractivity contribution in [2.24, 2.45) is 0 Å². The van der Waals surface area contributed by atoms with E-state index in [1.807, 2.05) is 0 Å². The van der Waals surface area contributed by atoms with Crippen molar-refractivity contribution in [2.75, 3.05) is 26.2 Å². The molecule has 1 aromatic rings. The fraction of sp³-hybridized carbons (Fsp3) is 0.444. The number of hydrogen-bond donors (Lipinski definition) is 1. The summed E-state index contributed by atoms with van der Waals surface area (Å²) in [6.07, 6.45) is 0. The lowest BCUT2D eigenvalue weighted by Gasteiger charge is -2.29. The second kappa shape index (κ2) is 7.81. The molecule has 0 spiro atoms. The second-order valence-electron chi connectivity index (χ2n) is 5.80. The molecule has 5 nitrogen and oxygen atoms in total. The van der Waals surface area contributed by atoms with E-state index < -0.39 is 17.7 Å². The highest BCUT2D eigenvalue weighted by molar-refractivity contribution is 6.30. The molecule has 0 aromatic heterocycles. The number of nitrogens with zero attached hydrogens (tertiary/aromatic N) is 2. The molecule has 0 fully saturated rings. The molecular weight excluding hydrogens is 328 g/mol. The Bertz CT molecular complexity index is 651. The number of carbonyl (C=O) groups is 2. The van der Waals surface area contributed by atoms with Crippen LogP contribution in [0, 0.1) is 0 Å². The summed E-state index contributed by atoms with van der Waals surface area (Å²) >= 11 is 5.94. The molecule has 0 saturated heterocycles. The standard InChI is InChI=1S/C18H23ClN2O3/c1-4-20(5-2)10-11-21-16(13-6-8-14(19)9-7-13)15(12(3)22)17(23)18(21)24/h6-9,16,23H,4-5,10-11H2,1-3H3/t16-/m0/s1. The van der Waals surface area contributed by atoms with Crippen molar-refractivity contribution in [2.45, 2.75) is 26.8 Å². The fourth-order valence-electron chi connectivity index (χ4n) is 3.02. The molecule has 0 unspecified atom stereocenters. The second-order valence-corrected chi connectivity index (χ2v) is 6.23. The number of Topliss-reactive ketones (excluding diaryl/α,β-unsaturated/α-hetero) is 1. The van der Waals surface area contributed by atoms with Crippen molar-refractivity contribution in [3.8, 4) is 0 Å². The molecule has 1 aliphatic rings. The number of carbonyl (C=O) groups excluding carboxylic acids is 2. The first-order valence-corrected chi connectivity index (χ1v) is 8.51. The van der Waals surface area contributed by atoms with Crippen LogP contribution >= 0.6 is 11.6 Å². The molecule has 130 valence electrons. The van der Waals surface area contributed by atoms with E-state index in [4.69, 9.17) is 11.6 Å². The van der Waals surface area contributed by atoms with Gasteiger partial charge in [0.25, 0.3) is 5.91 Å². The number of halogens is 1. The average molecular weight is 351 g/mol. The summed E-state index contributed by atoms with van der Waals surface area (Å²) in [7, 11) is 0. The van der Waals surface area contributed by atoms with E-state index in [0.717, 1.165) is 18.7 Å². The Hall–Kier alpha value is -1.85. The number of ketones is 1. The topological polar surface area (TPSA) is 60.9 Å². The lowest BCUT2D eigenvalue weighted by Crippen LogP contribution is -2.38. The first-order chi connectivity index (χ1) is 11.4. The normalized spacial score (nSPS) is 18.0. The smallest absolute Gasteiger partial charge is 0.290 e. The predicted octanol–water partition coefficient (Wildman–Crippen LogP) is 2.97. The Kier molecular flexibility index (Phi) is 6.02. The molecule has 6 heteroatoms. The number of rotatable bonds is 7. The number of aliphatic hydroxyl groups excluding tert-OH is 1. The van der Waals surface area contributed by atoms with E-state index in [0.29, 0.717) is 18.1 Å². The number of benzene rings is 1. The van der Waals surface area contributed by atoms with Gasteiger partial charge in [0.15, 0.2) is 11.5 Å². The Labute approximate surface area is 147 Å². The summed E-state index contributed by atoms with van der Waals surface area (Å²) in [5.41, 5.74) is 0.920. The number of hydrogen-bond acceptors (Lipinski definition) is 4. The molecule has 1 aliphatic heterocycles. The van der Waals surface area contributed by atoms with Crippen molar-refractivity contribution in [3.63, 3.8) is 0 Å². The quantitative estimate of drug-likeness (QED) is 0.821. The summed E-state index contributed by atoms with van der Waals surface area (Å²) < 4.78 is 0. The van der Waals surface area contributed by atoms with E-state index >= 15 is 0 Å². The first-order valence-electron chi connectivity index (χ1n) is 8.13. The van der Waals surface area contributed by atoms with Gasteiger partial charge in [-0.15, -0.1) is 0 Å². The van der Waals surface area contributed by atoms with Crippen LogP contribution in [0.5, 0.6) is 0 Å². The maximum absolute atomic E-state index is 12.5. The average Bonchev–Trinajstić information content (AvgIpc) is 2.81. The van der Waals surface area contributed by atoms with Gasteiger partial charge in [-0.3, -0.25) is 9.59 Å². The highest BCUT2D eigenvalue weighted by atomic mass is 35.5. The maximum atomic E-state index is 12.5. The summed E-state index contributed by atoms with van der Waals surface area (Å²) in [5.74, 6) is -1.24. The lowest BCUT2D eigenvalue weighted by atomic mass is 9.97. The van der Waals surface area contributed by atoms with Crippen LogP contribution in [0.15, 0.2) is 35.6 Å². The summed E-state index contributed by atoms with van der Waals surface area (Å²) in [4.78, 5) is 28.2. The molecule has 0 saturated carbocycles. The van der Waals surface area contributed by atoms with Crippen LogP contribution in [0.1, 0.15) is 32.4 Å². The van der Waals surface area contributed by atoms with Crippen LogP contribution in [-0.4, -0.2) is 52.8 Å². The van der Waals surface area contributed by atoms with E-state index in [9.17, 15) is 14.7 Å². The lowest BCUT2D eigenvalue weighted by molar-refractivity contribution is -0.129.